The summed E-state index contributed by atoms with van der Waals surface area (Å²) < 4.78 is 16.1. The number of nitrogen functional groups attached to an aromatic ring is 1. The molecular formula is C25H26N4O7. The highest BCUT2D eigenvalue weighted by atomic mass is 16.5. The molecule has 4 rings (SSSR count). The Morgan fingerprint density at radius 2 is 1.72 bits per heavy atom. The molecule has 0 spiro atoms. The van der Waals surface area contributed by atoms with E-state index in [4.69, 9.17) is 19.6 Å². The fraction of sp³-hybridized carbons (Fsp3) is 0.360. The van der Waals surface area contributed by atoms with Crippen LogP contribution in [0.2, 0.25) is 0 Å². The monoisotopic (exact) mass is 494 g/mol. The van der Waals surface area contributed by atoms with Crippen molar-refractivity contribution in [1.29, 1.82) is 0 Å². The van der Waals surface area contributed by atoms with E-state index in [9.17, 15) is 19.2 Å². The second kappa shape index (κ2) is 9.76. The predicted molar refractivity (Wildman–Crippen MR) is 127 cm³/mol. The van der Waals surface area contributed by atoms with Gasteiger partial charge < -0.3 is 19.6 Å². The molecule has 0 saturated carbocycles. The third kappa shape index (κ3) is 4.16. The number of nitrogens with zero attached hydrogens (tertiary/aromatic N) is 3. The number of ether oxygens (including phenoxy) is 2. The molecule has 0 bridgehead atoms. The van der Waals surface area contributed by atoms with E-state index in [-0.39, 0.29) is 64.3 Å². The van der Waals surface area contributed by atoms with E-state index < -0.39 is 29.8 Å². The summed E-state index contributed by atoms with van der Waals surface area (Å²) in [5.41, 5.74) is 6.74. The molecule has 2 N–H and O–H groups in total. The normalized spacial score (nSPS) is 14.6. The van der Waals surface area contributed by atoms with Crippen molar-refractivity contribution in [2.24, 2.45) is 5.92 Å². The molecule has 3 aromatic rings. The molecule has 0 radical (unpaired) electrons. The lowest BCUT2D eigenvalue weighted by Crippen LogP contribution is -2.49. The van der Waals surface area contributed by atoms with Gasteiger partial charge in [0.2, 0.25) is 5.71 Å². The topological polar surface area (TPSA) is 155 Å². The van der Waals surface area contributed by atoms with Gasteiger partial charge >= 0.3 is 11.9 Å². The molecule has 2 atom stereocenters. The molecule has 3 heterocycles. The number of esters is 2. The Kier molecular flexibility index (Phi) is 6.73. The summed E-state index contributed by atoms with van der Waals surface area (Å²) in [4.78, 5) is 60.8. The van der Waals surface area contributed by atoms with Crippen LogP contribution in [0.3, 0.4) is 0 Å². The zero-order chi connectivity index (χ0) is 26.1. The molecule has 11 nitrogen and oxygen atoms in total. The minimum atomic E-state index is -1.13. The average Bonchev–Trinajstić information content (AvgIpc) is 3.32. The van der Waals surface area contributed by atoms with Crippen LogP contribution in [0.15, 0.2) is 28.7 Å². The summed E-state index contributed by atoms with van der Waals surface area (Å²) in [7, 11) is 0. The molecule has 1 aromatic carbocycles. The van der Waals surface area contributed by atoms with Crippen LogP contribution < -0.4 is 5.73 Å². The first kappa shape index (κ1) is 24.8. The zero-order valence-corrected chi connectivity index (χ0v) is 20.4. The summed E-state index contributed by atoms with van der Waals surface area (Å²) in [6.07, 6.45) is 0.519. The van der Waals surface area contributed by atoms with Gasteiger partial charge in [-0.05, 0) is 31.9 Å². The van der Waals surface area contributed by atoms with Gasteiger partial charge in [-0.15, -0.1) is 0 Å². The molecular weight excluding hydrogens is 468 g/mol. The third-order valence-corrected chi connectivity index (χ3v) is 6.15. The maximum atomic E-state index is 13.2. The number of fused-ring (bicyclic) bond motifs is 2. The molecule has 188 valence electrons. The van der Waals surface area contributed by atoms with E-state index in [0.29, 0.717) is 6.42 Å². The van der Waals surface area contributed by atoms with Crippen molar-refractivity contribution in [2.45, 2.75) is 46.8 Å². The van der Waals surface area contributed by atoms with Crippen LogP contribution in [-0.4, -0.2) is 51.3 Å². The van der Waals surface area contributed by atoms with Gasteiger partial charge in [0.05, 0.1) is 23.1 Å². The lowest BCUT2D eigenvalue weighted by molar-refractivity contribution is -0.151. The van der Waals surface area contributed by atoms with Crippen molar-refractivity contribution >= 4 is 40.7 Å². The number of furan rings is 1. The number of aromatic nitrogens is 2. The number of amides is 2. The number of hydrogen-bond acceptors (Lipinski definition) is 10. The van der Waals surface area contributed by atoms with E-state index in [1.54, 1.807) is 45.0 Å². The van der Waals surface area contributed by atoms with E-state index in [2.05, 4.69) is 9.97 Å². The van der Waals surface area contributed by atoms with Crippen LogP contribution in [0, 0.1) is 12.8 Å². The highest BCUT2D eigenvalue weighted by Gasteiger charge is 2.45. The number of anilines is 1. The van der Waals surface area contributed by atoms with Gasteiger partial charge in [-0.2, -0.15) is 4.98 Å². The number of benzene rings is 1. The van der Waals surface area contributed by atoms with Crippen LogP contribution >= 0.6 is 0 Å². The first-order valence-electron chi connectivity index (χ1n) is 11.6. The van der Waals surface area contributed by atoms with Crippen molar-refractivity contribution in [2.75, 3.05) is 12.3 Å². The quantitative estimate of drug-likeness (QED) is 0.365. The predicted octanol–water partition coefficient (Wildman–Crippen LogP) is 3.04. The van der Waals surface area contributed by atoms with Crippen molar-refractivity contribution in [3.63, 3.8) is 0 Å². The average molecular weight is 495 g/mol. The molecule has 0 saturated heterocycles. The first-order chi connectivity index (χ1) is 17.2. The SMILES string of the molecule is CCOC(=O)c1c(C)oc2nc(COC(=O)[C@H]([C@@H](C)CC)N3C(=O)c4ccccc4C3=O)nc(N)c12. The lowest BCUT2D eigenvalue weighted by atomic mass is 9.97. The zero-order valence-electron chi connectivity index (χ0n) is 20.4. The molecule has 0 unspecified atom stereocenters. The minimum Gasteiger partial charge on any atom is -0.462 e. The van der Waals surface area contributed by atoms with Crippen molar-refractivity contribution in [3.05, 3.63) is 52.5 Å². The summed E-state index contributed by atoms with van der Waals surface area (Å²) >= 11 is 0. The largest absolute Gasteiger partial charge is 0.462 e. The number of carbonyl (C=O) groups excluding carboxylic acids is 4. The molecule has 0 fully saturated rings. The summed E-state index contributed by atoms with van der Waals surface area (Å²) in [6.45, 7) is 6.65. The van der Waals surface area contributed by atoms with Crippen molar-refractivity contribution in [3.8, 4) is 0 Å². The highest BCUT2D eigenvalue weighted by molar-refractivity contribution is 6.22. The van der Waals surface area contributed by atoms with Crippen molar-refractivity contribution in [1.82, 2.24) is 14.9 Å². The molecule has 36 heavy (non-hydrogen) atoms. The van der Waals surface area contributed by atoms with Gasteiger partial charge in [-0.25, -0.2) is 14.6 Å². The maximum Gasteiger partial charge on any atom is 0.342 e. The Labute approximate surface area is 206 Å². The van der Waals surface area contributed by atoms with Gasteiger partial charge in [-0.1, -0.05) is 32.4 Å². The Morgan fingerprint density at radius 1 is 1.08 bits per heavy atom. The number of hydrogen-bond donors (Lipinski definition) is 1. The fourth-order valence-corrected chi connectivity index (χ4v) is 4.19. The van der Waals surface area contributed by atoms with E-state index in [0.717, 1.165) is 4.90 Å². The second-order valence-electron chi connectivity index (χ2n) is 8.42. The number of nitrogens with two attached hydrogens (primary N) is 1. The van der Waals surface area contributed by atoms with Crippen molar-refractivity contribution < 1.29 is 33.1 Å². The molecule has 1 aliphatic heterocycles. The maximum absolute atomic E-state index is 13.2. The first-order valence-corrected chi connectivity index (χ1v) is 11.6. The number of imide groups is 1. The Balaban J connectivity index is 1.58. The van der Waals surface area contributed by atoms with Gasteiger partial charge in [-0.3, -0.25) is 14.5 Å². The van der Waals surface area contributed by atoms with Crippen LogP contribution in [0.5, 0.6) is 0 Å². The Hall–Kier alpha value is -4.28. The van der Waals surface area contributed by atoms with Crippen LogP contribution in [0.1, 0.15) is 69.9 Å². The number of rotatable bonds is 8. The number of aryl methyl sites for hydroxylation is 1. The van der Waals surface area contributed by atoms with Crippen LogP contribution in [-0.2, 0) is 20.9 Å². The highest BCUT2D eigenvalue weighted by Crippen LogP contribution is 2.30. The summed E-state index contributed by atoms with van der Waals surface area (Å²) in [6, 6.07) is 5.29. The fourth-order valence-electron chi connectivity index (χ4n) is 4.19. The Morgan fingerprint density at radius 3 is 2.31 bits per heavy atom. The third-order valence-electron chi connectivity index (χ3n) is 6.15. The van der Waals surface area contributed by atoms with Gasteiger partial charge in [0, 0.05) is 0 Å². The molecule has 11 heteroatoms. The van der Waals surface area contributed by atoms with Crippen LogP contribution in [0.4, 0.5) is 5.82 Å². The lowest BCUT2D eigenvalue weighted by Gasteiger charge is -2.28. The van der Waals surface area contributed by atoms with Gasteiger partial charge in [0.25, 0.3) is 11.8 Å². The second-order valence-corrected chi connectivity index (χ2v) is 8.42. The molecule has 1 aliphatic rings. The van der Waals surface area contributed by atoms with Gasteiger partial charge in [0.15, 0.2) is 12.4 Å². The Bertz CT molecular complexity index is 1350. The minimum absolute atomic E-state index is 0.0303. The van der Waals surface area contributed by atoms with E-state index in [1.807, 2.05) is 6.92 Å². The van der Waals surface area contributed by atoms with Gasteiger partial charge in [0.1, 0.15) is 23.2 Å². The standard InChI is InChI=1S/C25H26N4O7/c1-5-12(3)19(29-22(30)14-9-7-8-10-15(14)23(29)31)25(33)35-11-16-27-20(26)18-17(24(32)34-6-2)13(4)36-21(18)28-16/h7-10,12,19H,5-6,11H2,1-4H3,(H2,26,27,28)/t12-,19-/m0/s1. The molecule has 2 aromatic heterocycles. The summed E-state index contributed by atoms with van der Waals surface area (Å²) in [5.74, 6) is -2.58. The smallest absolute Gasteiger partial charge is 0.342 e. The molecule has 0 aliphatic carbocycles. The van der Waals surface area contributed by atoms with Crippen LogP contribution in [0.25, 0.3) is 11.1 Å². The molecule has 2 amide bonds. The summed E-state index contributed by atoms with van der Waals surface area (Å²) in [5, 5.41) is 0.213. The van der Waals surface area contributed by atoms with E-state index >= 15 is 0 Å². The van der Waals surface area contributed by atoms with E-state index in [1.165, 1.54) is 0 Å². The number of carbonyl (C=O) groups is 4.